The second kappa shape index (κ2) is 7.00. The lowest BCUT2D eigenvalue weighted by Crippen LogP contribution is -2.27. The Morgan fingerprint density at radius 3 is 2.60 bits per heavy atom. The molecule has 0 unspecified atom stereocenters. The predicted octanol–water partition coefficient (Wildman–Crippen LogP) is 2.51. The predicted molar refractivity (Wildman–Crippen MR) is 79.9 cm³/mol. The van der Waals surface area contributed by atoms with Crippen molar-refractivity contribution in [3.8, 4) is 0 Å². The van der Waals surface area contributed by atoms with Crippen molar-refractivity contribution in [2.24, 2.45) is 0 Å². The van der Waals surface area contributed by atoms with Gasteiger partial charge in [-0.25, -0.2) is 12.7 Å². The fourth-order valence-corrected chi connectivity index (χ4v) is 4.38. The Labute approximate surface area is 122 Å². The first kappa shape index (κ1) is 16.9. The molecule has 0 fully saturated rings. The quantitative estimate of drug-likeness (QED) is 0.586. The van der Waals surface area contributed by atoms with E-state index in [4.69, 9.17) is 0 Å². The van der Waals surface area contributed by atoms with Gasteiger partial charge in [-0.3, -0.25) is 10.1 Å². The number of anilines is 1. The van der Waals surface area contributed by atoms with Gasteiger partial charge in [0.25, 0.3) is 10.0 Å². The summed E-state index contributed by atoms with van der Waals surface area (Å²) in [7, 11) is -2.17. The second-order valence-corrected chi connectivity index (χ2v) is 7.57. The standard InChI is InChI=1S/C11H19N3O4S2/c1-4-6-7-13(3)20(17,18)10-8-9(14(15)16)11(19-10)12-5-2/h8,12H,4-7H2,1-3H3. The van der Waals surface area contributed by atoms with Gasteiger partial charge in [0.05, 0.1) is 4.92 Å². The molecule has 0 atom stereocenters. The van der Waals surface area contributed by atoms with Gasteiger partial charge < -0.3 is 5.32 Å². The van der Waals surface area contributed by atoms with E-state index in [1.54, 1.807) is 6.92 Å². The summed E-state index contributed by atoms with van der Waals surface area (Å²) in [6, 6.07) is 1.13. The molecule has 1 aromatic rings. The Morgan fingerprint density at radius 1 is 1.45 bits per heavy atom. The molecule has 1 N–H and O–H groups in total. The minimum Gasteiger partial charge on any atom is -0.372 e. The van der Waals surface area contributed by atoms with Crippen LogP contribution in [0.2, 0.25) is 0 Å². The van der Waals surface area contributed by atoms with Crippen LogP contribution in [-0.4, -0.2) is 37.8 Å². The third-order valence-corrected chi connectivity index (χ3v) is 6.10. The van der Waals surface area contributed by atoms with Crippen molar-refractivity contribution >= 4 is 32.0 Å². The zero-order valence-electron chi connectivity index (χ0n) is 11.7. The zero-order valence-corrected chi connectivity index (χ0v) is 13.4. The molecule has 0 spiro atoms. The molecule has 7 nitrogen and oxygen atoms in total. The molecule has 0 aliphatic carbocycles. The van der Waals surface area contributed by atoms with Crippen LogP contribution in [0.25, 0.3) is 0 Å². The van der Waals surface area contributed by atoms with Gasteiger partial charge in [-0.15, -0.1) is 0 Å². The molecule has 0 amide bonds. The van der Waals surface area contributed by atoms with Gasteiger partial charge in [-0.1, -0.05) is 24.7 Å². The number of nitro groups is 1. The summed E-state index contributed by atoms with van der Waals surface area (Å²) in [5, 5.41) is 14.0. The molecule has 0 aliphatic heterocycles. The molecular formula is C11H19N3O4S2. The normalized spacial score (nSPS) is 11.8. The summed E-state index contributed by atoms with van der Waals surface area (Å²) in [5.74, 6) is 0. The number of nitrogens with zero attached hydrogens (tertiary/aromatic N) is 2. The largest absolute Gasteiger partial charge is 0.372 e. The molecular weight excluding hydrogens is 302 g/mol. The highest BCUT2D eigenvalue weighted by Gasteiger charge is 2.28. The van der Waals surface area contributed by atoms with E-state index >= 15 is 0 Å². The molecule has 1 heterocycles. The van der Waals surface area contributed by atoms with Crippen LogP contribution in [0.1, 0.15) is 26.7 Å². The van der Waals surface area contributed by atoms with Gasteiger partial charge in [0.2, 0.25) is 0 Å². The van der Waals surface area contributed by atoms with E-state index in [2.05, 4.69) is 5.32 Å². The molecule has 1 aromatic heterocycles. The van der Waals surface area contributed by atoms with Crippen LogP contribution in [0.5, 0.6) is 0 Å². The molecule has 9 heteroatoms. The third-order valence-electron chi connectivity index (χ3n) is 2.72. The van der Waals surface area contributed by atoms with E-state index in [9.17, 15) is 18.5 Å². The van der Waals surface area contributed by atoms with Crippen LogP contribution < -0.4 is 5.32 Å². The molecule has 20 heavy (non-hydrogen) atoms. The molecule has 0 bridgehead atoms. The SMILES string of the molecule is CCCCN(C)S(=O)(=O)c1cc([N+](=O)[O-])c(NCC)s1. The highest BCUT2D eigenvalue weighted by Crippen LogP contribution is 2.37. The van der Waals surface area contributed by atoms with Crippen molar-refractivity contribution in [3.05, 3.63) is 16.2 Å². The third kappa shape index (κ3) is 3.68. The van der Waals surface area contributed by atoms with Crippen molar-refractivity contribution in [2.45, 2.75) is 30.9 Å². The Balaban J connectivity index is 3.12. The van der Waals surface area contributed by atoms with Gasteiger partial charge in [0, 0.05) is 26.2 Å². The molecule has 0 saturated heterocycles. The summed E-state index contributed by atoms with van der Waals surface area (Å²) in [6.45, 7) is 4.66. The van der Waals surface area contributed by atoms with Crippen molar-refractivity contribution < 1.29 is 13.3 Å². The average molecular weight is 321 g/mol. The molecule has 0 radical (unpaired) electrons. The molecule has 0 saturated carbocycles. The van der Waals surface area contributed by atoms with Crippen molar-refractivity contribution in [1.29, 1.82) is 0 Å². The maximum atomic E-state index is 12.3. The number of sulfonamides is 1. The minimum atomic E-state index is -3.66. The summed E-state index contributed by atoms with van der Waals surface area (Å²) in [6.07, 6.45) is 1.64. The average Bonchev–Trinajstić information content (AvgIpc) is 2.81. The first-order valence-corrected chi connectivity index (χ1v) is 8.58. The Kier molecular flexibility index (Phi) is 5.90. The maximum Gasteiger partial charge on any atom is 0.304 e. The summed E-state index contributed by atoms with van der Waals surface area (Å²) in [4.78, 5) is 10.4. The van der Waals surface area contributed by atoms with Crippen molar-refractivity contribution in [3.63, 3.8) is 0 Å². The second-order valence-electron chi connectivity index (χ2n) is 4.25. The van der Waals surface area contributed by atoms with Crippen LogP contribution in [0.15, 0.2) is 10.3 Å². The molecule has 0 aliphatic rings. The maximum absolute atomic E-state index is 12.3. The van der Waals surface area contributed by atoms with Crippen LogP contribution in [0.3, 0.4) is 0 Å². The van der Waals surface area contributed by atoms with Gasteiger partial charge in [0.1, 0.15) is 4.21 Å². The van der Waals surface area contributed by atoms with E-state index < -0.39 is 14.9 Å². The molecule has 1 rings (SSSR count). The summed E-state index contributed by atoms with van der Waals surface area (Å²) < 4.78 is 25.9. The van der Waals surface area contributed by atoms with Crippen LogP contribution in [-0.2, 0) is 10.0 Å². The van der Waals surface area contributed by atoms with E-state index in [1.165, 1.54) is 11.4 Å². The number of hydrogen-bond donors (Lipinski definition) is 1. The number of thiophene rings is 1. The van der Waals surface area contributed by atoms with Crippen LogP contribution >= 0.6 is 11.3 Å². The number of rotatable bonds is 8. The lowest BCUT2D eigenvalue weighted by atomic mass is 10.3. The van der Waals surface area contributed by atoms with Crippen LogP contribution in [0.4, 0.5) is 10.7 Å². The van der Waals surface area contributed by atoms with Gasteiger partial charge in [0.15, 0.2) is 5.00 Å². The zero-order chi connectivity index (χ0) is 15.3. The van der Waals surface area contributed by atoms with Gasteiger partial charge >= 0.3 is 5.69 Å². The van der Waals surface area contributed by atoms with Crippen molar-refractivity contribution in [2.75, 3.05) is 25.5 Å². The first-order valence-electron chi connectivity index (χ1n) is 6.33. The summed E-state index contributed by atoms with van der Waals surface area (Å²) in [5.41, 5.74) is -0.195. The Hall–Kier alpha value is -1.19. The fourth-order valence-electron chi connectivity index (χ4n) is 1.56. The minimum absolute atomic E-state index is 0.00115. The first-order chi connectivity index (χ1) is 9.34. The fraction of sp³-hybridized carbons (Fsp3) is 0.636. The number of nitrogens with one attached hydrogen (secondary N) is 1. The molecule has 114 valence electrons. The lowest BCUT2D eigenvalue weighted by Gasteiger charge is -2.14. The van der Waals surface area contributed by atoms with Crippen molar-refractivity contribution in [1.82, 2.24) is 4.31 Å². The topological polar surface area (TPSA) is 92.5 Å². The number of hydrogen-bond acceptors (Lipinski definition) is 6. The monoisotopic (exact) mass is 321 g/mol. The Bertz CT molecular complexity index is 568. The molecule has 0 aromatic carbocycles. The highest BCUT2D eigenvalue weighted by atomic mass is 32.2. The van der Waals surface area contributed by atoms with Gasteiger partial charge in [-0.2, -0.15) is 0 Å². The van der Waals surface area contributed by atoms with Crippen LogP contribution in [0, 0.1) is 10.1 Å². The lowest BCUT2D eigenvalue weighted by molar-refractivity contribution is -0.383. The Morgan fingerprint density at radius 2 is 2.10 bits per heavy atom. The van der Waals surface area contributed by atoms with E-state index in [0.29, 0.717) is 13.1 Å². The smallest absolute Gasteiger partial charge is 0.304 e. The number of unbranched alkanes of at least 4 members (excludes halogenated alkanes) is 1. The highest BCUT2D eigenvalue weighted by molar-refractivity contribution is 7.91. The summed E-state index contributed by atoms with van der Waals surface area (Å²) >= 11 is 0.899. The van der Waals surface area contributed by atoms with Gasteiger partial charge in [-0.05, 0) is 13.3 Å². The van der Waals surface area contributed by atoms with E-state index in [0.717, 1.165) is 30.2 Å². The van der Waals surface area contributed by atoms with E-state index in [-0.39, 0.29) is 14.9 Å². The van der Waals surface area contributed by atoms with E-state index in [1.807, 2.05) is 6.92 Å².